The number of hydrogen-bond donors (Lipinski definition) is 1. The van der Waals surface area contributed by atoms with Crippen molar-refractivity contribution in [2.24, 2.45) is 5.92 Å². The standard InChI is InChI=1S/C28H35N3O3/c32-24(21-33-25-12-6-2-7-13-25)19-30(18-22-14-15-22)20-26-27(23-10-4-1-5-11-23)29-34-28(26)31-16-8-3-9-17-31/h1-2,4-7,10-13,22,24,32H,3,8-9,14-21H2. The summed E-state index contributed by atoms with van der Waals surface area (Å²) in [6.45, 7) is 4.53. The van der Waals surface area contributed by atoms with Crippen LogP contribution in [0.25, 0.3) is 11.3 Å². The first-order valence-corrected chi connectivity index (χ1v) is 12.6. The second kappa shape index (κ2) is 11.1. The Morgan fingerprint density at radius 1 is 1.00 bits per heavy atom. The van der Waals surface area contributed by atoms with E-state index in [1.54, 1.807) is 0 Å². The highest BCUT2D eigenvalue weighted by Crippen LogP contribution is 2.35. The molecule has 1 aromatic heterocycles. The number of para-hydroxylation sites is 1. The maximum absolute atomic E-state index is 10.8. The molecule has 34 heavy (non-hydrogen) atoms. The summed E-state index contributed by atoms with van der Waals surface area (Å²) in [5.41, 5.74) is 3.12. The van der Waals surface area contributed by atoms with E-state index in [4.69, 9.17) is 9.26 Å². The monoisotopic (exact) mass is 461 g/mol. The van der Waals surface area contributed by atoms with E-state index >= 15 is 0 Å². The molecule has 6 nitrogen and oxygen atoms in total. The highest BCUT2D eigenvalue weighted by Gasteiger charge is 2.29. The van der Waals surface area contributed by atoms with E-state index < -0.39 is 6.10 Å². The van der Waals surface area contributed by atoms with Gasteiger partial charge in [0.1, 0.15) is 24.2 Å². The van der Waals surface area contributed by atoms with E-state index in [1.165, 1.54) is 32.1 Å². The largest absolute Gasteiger partial charge is 0.491 e. The van der Waals surface area contributed by atoms with Gasteiger partial charge < -0.3 is 19.3 Å². The molecule has 0 spiro atoms. The summed E-state index contributed by atoms with van der Waals surface area (Å²) >= 11 is 0. The molecule has 6 heteroatoms. The zero-order chi connectivity index (χ0) is 23.2. The number of anilines is 1. The van der Waals surface area contributed by atoms with Crippen molar-refractivity contribution in [3.8, 4) is 17.0 Å². The molecule has 1 atom stereocenters. The van der Waals surface area contributed by atoms with Gasteiger partial charge in [-0.1, -0.05) is 53.7 Å². The molecule has 2 heterocycles. The summed E-state index contributed by atoms with van der Waals surface area (Å²) in [7, 11) is 0. The van der Waals surface area contributed by atoms with Gasteiger partial charge in [0.2, 0.25) is 5.88 Å². The number of aliphatic hydroxyl groups is 1. The molecule has 1 saturated heterocycles. The molecular formula is C28H35N3O3. The zero-order valence-corrected chi connectivity index (χ0v) is 19.8. The molecule has 1 unspecified atom stereocenters. The SMILES string of the molecule is OC(COc1ccccc1)CN(Cc1c(-c2ccccc2)noc1N1CCCCC1)CC1CC1. The van der Waals surface area contributed by atoms with Gasteiger partial charge in [-0.05, 0) is 50.2 Å². The summed E-state index contributed by atoms with van der Waals surface area (Å²) in [5, 5.41) is 15.4. The van der Waals surface area contributed by atoms with E-state index in [2.05, 4.69) is 27.1 Å². The van der Waals surface area contributed by atoms with Crippen molar-refractivity contribution in [2.45, 2.75) is 44.8 Å². The van der Waals surface area contributed by atoms with Crippen LogP contribution in [-0.4, -0.2) is 54.1 Å². The van der Waals surface area contributed by atoms with E-state index in [9.17, 15) is 5.11 Å². The van der Waals surface area contributed by atoms with Gasteiger partial charge in [-0.3, -0.25) is 4.90 Å². The van der Waals surface area contributed by atoms with Crippen LogP contribution in [0.2, 0.25) is 0 Å². The zero-order valence-electron chi connectivity index (χ0n) is 19.8. The van der Waals surface area contributed by atoms with Gasteiger partial charge in [0.15, 0.2) is 0 Å². The van der Waals surface area contributed by atoms with E-state index in [0.29, 0.717) is 19.0 Å². The minimum Gasteiger partial charge on any atom is -0.491 e. The molecule has 0 amide bonds. The van der Waals surface area contributed by atoms with E-state index in [-0.39, 0.29) is 6.61 Å². The van der Waals surface area contributed by atoms with Crippen molar-refractivity contribution in [3.63, 3.8) is 0 Å². The molecular weight excluding hydrogens is 426 g/mol. The Balaban J connectivity index is 1.34. The number of ether oxygens (including phenoxy) is 1. The van der Waals surface area contributed by atoms with Gasteiger partial charge >= 0.3 is 0 Å². The fourth-order valence-corrected chi connectivity index (χ4v) is 4.76. The van der Waals surface area contributed by atoms with Crippen LogP contribution in [0.3, 0.4) is 0 Å². The summed E-state index contributed by atoms with van der Waals surface area (Å²) in [5.74, 6) is 2.39. The molecule has 1 N–H and O–H groups in total. The fraction of sp³-hybridized carbons (Fsp3) is 0.464. The van der Waals surface area contributed by atoms with Gasteiger partial charge in [0.05, 0.1) is 5.56 Å². The average Bonchev–Trinajstić information content (AvgIpc) is 3.61. The van der Waals surface area contributed by atoms with Crippen molar-refractivity contribution in [3.05, 3.63) is 66.2 Å². The molecule has 0 bridgehead atoms. The van der Waals surface area contributed by atoms with Crippen molar-refractivity contribution < 1.29 is 14.4 Å². The van der Waals surface area contributed by atoms with Crippen LogP contribution < -0.4 is 9.64 Å². The smallest absolute Gasteiger partial charge is 0.232 e. The van der Waals surface area contributed by atoms with Crippen molar-refractivity contribution in [1.82, 2.24) is 10.1 Å². The summed E-state index contributed by atoms with van der Waals surface area (Å²) < 4.78 is 11.8. The number of piperidine rings is 1. The third-order valence-corrected chi connectivity index (χ3v) is 6.71. The number of aliphatic hydroxyl groups excluding tert-OH is 1. The molecule has 1 aliphatic heterocycles. The van der Waals surface area contributed by atoms with Crippen molar-refractivity contribution in [1.29, 1.82) is 0 Å². The average molecular weight is 462 g/mol. The Hall–Kier alpha value is -2.83. The van der Waals surface area contributed by atoms with Crippen LogP contribution in [0.15, 0.2) is 65.2 Å². The van der Waals surface area contributed by atoms with E-state index in [1.807, 2.05) is 48.5 Å². The Kier molecular flexibility index (Phi) is 7.46. The maximum atomic E-state index is 10.8. The fourth-order valence-electron chi connectivity index (χ4n) is 4.76. The lowest BCUT2D eigenvalue weighted by Crippen LogP contribution is -2.37. The first kappa shape index (κ1) is 22.9. The Labute approximate surface area is 202 Å². The third kappa shape index (κ3) is 5.99. The number of nitrogens with zero attached hydrogens (tertiary/aromatic N) is 3. The molecule has 1 aliphatic carbocycles. The maximum Gasteiger partial charge on any atom is 0.232 e. The molecule has 3 aromatic rings. The van der Waals surface area contributed by atoms with Gasteiger partial charge in [-0.15, -0.1) is 0 Å². The highest BCUT2D eigenvalue weighted by molar-refractivity contribution is 5.68. The Bertz CT molecular complexity index is 1010. The predicted octanol–water partition coefficient (Wildman–Crippen LogP) is 4.98. The number of hydrogen-bond acceptors (Lipinski definition) is 6. The Morgan fingerprint density at radius 3 is 2.41 bits per heavy atom. The number of aromatic nitrogens is 1. The van der Waals surface area contributed by atoms with Gasteiger partial charge in [-0.2, -0.15) is 0 Å². The minimum atomic E-state index is -0.572. The Morgan fingerprint density at radius 2 is 1.71 bits per heavy atom. The minimum absolute atomic E-state index is 0.277. The van der Waals surface area contributed by atoms with Gasteiger partial charge in [0.25, 0.3) is 0 Å². The molecule has 2 aliphatic rings. The van der Waals surface area contributed by atoms with Crippen LogP contribution in [0.5, 0.6) is 5.75 Å². The molecule has 2 fully saturated rings. The summed E-state index contributed by atoms with van der Waals surface area (Å²) in [4.78, 5) is 4.71. The normalized spacial score (nSPS) is 17.2. The van der Waals surface area contributed by atoms with Crippen LogP contribution in [-0.2, 0) is 6.54 Å². The second-order valence-electron chi connectivity index (χ2n) is 9.64. The number of benzene rings is 2. The quantitative estimate of drug-likeness (QED) is 0.434. The van der Waals surface area contributed by atoms with Crippen molar-refractivity contribution in [2.75, 3.05) is 37.7 Å². The van der Waals surface area contributed by atoms with E-state index in [0.717, 1.165) is 48.1 Å². The summed E-state index contributed by atoms with van der Waals surface area (Å²) in [6.07, 6.45) is 5.59. The molecule has 0 radical (unpaired) electrons. The van der Waals surface area contributed by atoms with Crippen LogP contribution in [0.1, 0.15) is 37.7 Å². The molecule has 180 valence electrons. The lowest BCUT2D eigenvalue weighted by Gasteiger charge is -2.29. The lowest BCUT2D eigenvalue weighted by molar-refractivity contribution is 0.0639. The predicted molar refractivity (Wildman–Crippen MR) is 134 cm³/mol. The number of rotatable bonds is 11. The van der Waals surface area contributed by atoms with Crippen molar-refractivity contribution >= 4 is 5.88 Å². The lowest BCUT2D eigenvalue weighted by atomic mass is 10.1. The third-order valence-electron chi connectivity index (χ3n) is 6.71. The summed E-state index contributed by atoms with van der Waals surface area (Å²) in [6, 6.07) is 20.0. The molecule has 5 rings (SSSR count). The van der Waals surface area contributed by atoms with Crippen LogP contribution in [0.4, 0.5) is 5.88 Å². The molecule has 1 saturated carbocycles. The highest BCUT2D eigenvalue weighted by atomic mass is 16.5. The van der Waals surface area contributed by atoms with Gasteiger partial charge in [-0.25, -0.2) is 0 Å². The molecule has 2 aromatic carbocycles. The first-order chi connectivity index (χ1) is 16.8. The van der Waals surface area contributed by atoms with Gasteiger partial charge in [0, 0.05) is 38.3 Å². The topological polar surface area (TPSA) is 62.0 Å². The van der Waals surface area contributed by atoms with Crippen LogP contribution >= 0.6 is 0 Å². The second-order valence-corrected chi connectivity index (χ2v) is 9.64. The van der Waals surface area contributed by atoms with Crippen LogP contribution in [0, 0.1) is 5.92 Å². The first-order valence-electron chi connectivity index (χ1n) is 12.6.